The zero-order valence-electron chi connectivity index (χ0n) is 11.2. The van der Waals surface area contributed by atoms with E-state index in [2.05, 4.69) is 5.32 Å². The number of rotatable bonds is 2. The van der Waals surface area contributed by atoms with Crippen LogP contribution < -0.4 is 5.32 Å². The average molecular weight is 283 g/mol. The van der Waals surface area contributed by atoms with Crippen LogP contribution >= 0.6 is 11.6 Å². The molecule has 19 heavy (non-hydrogen) atoms. The van der Waals surface area contributed by atoms with Gasteiger partial charge >= 0.3 is 6.09 Å². The Morgan fingerprint density at radius 2 is 1.89 bits per heavy atom. The SMILES string of the molecule is C[C@@H]1CNC[C@H](C)N1C(=O)OCc1ccc(Cl)cc1. The fourth-order valence-electron chi connectivity index (χ4n) is 2.29. The van der Waals surface area contributed by atoms with Crippen molar-refractivity contribution in [2.45, 2.75) is 32.5 Å². The van der Waals surface area contributed by atoms with Gasteiger partial charge in [0.1, 0.15) is 6.61 Å². The molecule has 0 saturated carbocycles. The number of carbonyl (C=O) groups excluding carboxylic acids is 1. The third kappa shape index (κ3) is 3.61. The van der Waals surface area contributed by atoms with E-state index in [1.54, 1.807) is 17.0 Å². The van der Waals surface area contributed by atoms with E-state index in [-0.39, 0.29) is 24.8 Å². The standard InChI is InChI=1S/C14H19ClN2O2/c1-10-7-16-8-11(2)17(10)14(18)19-9-12-3-5-13(15)6-4-12/h3-6,10-11,16H,7-9H2,1-2H3/t10-,11+. The molecule has 1 aliphatic heterocycles. The van der Waals surface area contributed by atoms with Gasteiger partial charge in [0, 0.05) is 30.2 Å². The number of halogens is 1. The van der Waals surface area contributed by atoms with Crippen molar-refractivity contribution in [2.24, 2.45) is 0 Å². The van der Waals surface area contributed by atoms with Gasteiger partial charge in [0.25, 0.3) is 0 Å². The second kappa shape index (κ2) is 6.26. The number of nitrogens with one attached hydrogen (secondary N) is 1. The Hall–Kier alpha value is -1.26. The van der Waals surface area contributed by atoms with Crippen molar-refractivity contribution in [3.05, 3.63) is 34.9 Å². The van der Waals surface area contributed by atoms with Crippen LogP contribution in [-0.2, 0) is 11.3 Å². The number of hydrogen-bond donors (Lipinski definition) is 1. The highest BCUT2D eigenvalue weighted by Gasteiger charge is 2.29. The van der Waals surface area contributed by atoms with Crippen LogP contribution in [0.15, 0.2) is 24.3 Å². The second-order valence-electron chi connectivity index (χ2n) is 4.94. The summed E-state index contributed by atoms with van der Waals surface area (Å²) in [4.78, 5) is 13.9. The number of carbonyl (C=O) groups is 1. The third-order valence-corrected chi connectivity index (χ3v) is 3.57. The van der Waals surface area contributed by atoms with E-state index in [0.29, 0.717) is 5.02 Å². The zero-order chi connectivity index (χ0) is 13.8. The molecule has 1 heterocycles. The number of hydrogen-bond acceptors (Lipinski definition) is 3. The lowest BCUT2D eigenvalue weighted by Gasteiger charge is -2.38. The minimum Gasteiger partial charge on any atom is -0.445 e. The smallest absolute Gasteiger partial charge is 0.410 e. The molecule has 1 fully saturated rings. The molecule has 1 N–H and O–H groups in total. The van der Waals surface area contributed by atoms with Crippen LogP contribution in [0.1, 0.15) is 19.4 Å². The molecule has 0 bridgehead atoms. The van der Waals surface area contributed by atoms with Gasteiger partial charge in [-0.2, -0.15) is 0 Å². The van der Waals surface area contributed by atoms with Gasteiger partial charge in [0.15, 0.2) is 0 Å². The fraction of sp³-hybridized carbons (Fsp3) is 0.500. The Labute approximate surface area is 118 Å². The predicted molar refractivity (Wildman–Crippen MR) is 75.3 cm³/mol. The van der Waals surface area contributed by atoms with Crippen molar-refractivity contribution >= 4 is 17.7 Å². The predicted octanol–water partition coefficient (Wildman–Crippen LogP) is 2.66. The van der Waals surface area contributed by atoms with Crippen molar-refractivity contribution in [2.75, 3.05) is 13.1 Å². The van der Waals surface area contributed by atoms with Crippen molar-refractivity contribution < 1.29 is 9.53 Å². The molecule has 0 aromatic heterocycles. The van der Waals surface area contributed by atoms with Crippen LogP contribution in [0.25, 0.3) is 0 Å². The quantitative estimate of drug-likeness (QED) is 0.907. The lowest BCUT2D eigenvalue weighted by molar-refractivity contribution is 0.0564. The van der Waals surface area contributed by atoms with E-state index >= 15 is 0 Å². The first-order valence-electron chi connectivity index (χ1n) is 6.48. The average Bonchev–Trinajstić information content (AvgIpc) is 2.38. The van der Waals surface area contributed by atoms with Gasteiger partial charge in [0.05, 0.1) is 0 Å². The van der Waals surface area contributed by atoms with Crippen LogP contribution in [-0.4, -0.2) is 36.2 Å². The molecule has 0 aliphatic carbocycles. The summed E-state index contributed by atoms with van der Waals surface area (Å²) in [5.74, 6) is 0. The Balaban J connectivity index is 1.91. The first-order valence-corrected chi connectivity index (χ1v) is 6.86. The van der Waals surface area contributed by atoms with Gasteiger partial charge in [-0.3, -0.25) is 0 Å². The van der Waals surface area contributed by atoms with E-state index in [0.717, 1.165) is 18.7 Å². The lowest BCUT2D eigenvalue weighted by atomic mass is 10.1. The maximum absolute atomic E-state index is 12.1. The summed E-state index contributed by atoms with van der Waals surface area (Å²) >= 11 is 5.81. The summed E-state index contributed by atoms with van der Waals surface area (Å²) < 4.78 is 5.36. The number of benzene rings is 1. The monoisotopic (exact) mass is 282 g/mol. The summed E-state index contributed by atoms with van der Waals surface area (Å²) in [6.45, 7) is 5.93. The molecular formula is C14H19ClN2O2. The van der Waals surface area contributed by atoms with Gasteiger partial charge < -0.3 is 15.0 Å². The van der Waals surface area contributed by atoms with Crippen molar-refractivity contribution in [1.29, 1.82) is 0 Å². The summed E-state index contributed by atoms with van der Waals surface area (Å²) in [5.41, 5.74) is 0.938. The number of piperazine rings is 1. The maximum Gasteiger partial charge on any atom is 0.410 e. The van der Waals surface area contributed by atoms with E-state index in [1.807, 2.05) is 26.0 Å². The van der Waals surface area contributed by atoms with Gasteiger partial charge in [-0.25, -0.2) is 4.79 Å². The van der Waals surface area contributed by atoms with Crippen molar-refractivity contribution in [1.82, 2.24) is 10.2 Å². The minimum absolute atomic E-state index is 0.154. The fourth-order valence-corrected chi connectivity index (χ4v) is 2.42. The molecule has 0 radical (unpaired) electrons. The van der Waals surface area contributed by atoms with Crippen molar-refractivity contribution in [3.63, 3.8) is 0 Å². The first-order chi connectivity index (χ1) is 9.08. The minimum atomic E-state index is -0.253. The Kier molecular flexibility index (Phi) is 4.66. The molecule has 2 atom stereocenters. The zero-order valence-corrected chi connectivity index (χ0v) is 12.0. The molecule has 104 valence electrons. The van der Waals surface area contributed by atoms with E-state index in [4.69, 9.17) is 16.3 Å². The number of ether oxygens (including phenoxy) is 1. The maximum atomic E-state index is 12.1. The normalized spacial score (nSPS) is 23.2. The summed E-state index contributed by atoms with van der Waals surface area (Å²) in [7, 11) is 0. The molecule has 4 nitrogen and oxygen atoms in total. The lowest BCUT2D eigenvalue weighted by Crippen LogP contribution is -2.57. The van der Waals surface area contributed by atoms with E-state index in [1.165, 1.54) is 0 Å². The van der Waals surface area contributed by atoms with Crippen LogP contribution in [0, 0.1) is 0 Å². The van der Waals surface area contributed by atoms with Gasteiger partial charge in [0.2, 0.25) is 0 Å². The summed E-state index contributed by atoms with van der Waals surface area (Å²) in [6, 6.07) is 7.62. The highest BCUT2D eigenvalue weighted by molar-refractivity contribution is 6.30. The molecule has 5 heteroatoms. The van der Waals surface area contributed by atoms with Crippen molar-refractivity contribution in [3.8, 4) is 0 Å². The molecule has 1 saturated heterocycles. The van der Waals surface area contributed by atoms with Crippen LogP contribution in [0.2, 0.25) is 5.02 Å². The van der Waals surface area contributed by atoms with Gasteiger partial charge in [-0.15, -0.1) is 0 Å². The van der Waals surface area contributed by atoms with E-state index < -0.39 is 0 Å². The molecule has 0 spiro atoms. The molecule has 1 aromatic rings. The highest BCUT2D eigenvalue weighted by atomic mass is 35.5. The number of nitrogens with zero attached hydrogens (tertiary/aromatic N) is 1. The highest BCUT2D eigenvalue weighted by Crippen LogP contribution is 2.14. The number of amides is 1. The van der Waals surface area contributed by atoms with Gasteiger partial charge in [-0.05, 0) is 31.5 Å². The third-order valence-electron chi connectivity index (χ3n) is 3.32. The van der Waals surface area contributed by atoms with Crippen LogP contribution in [0.4, 0.5) is 4.79 Å². The van der Waals surface area contributed by atoms with Crippen LogP contribution in [0.3, 0.4) is 0 Å². The topological polar surface area (TPSA) is 41.6 Å². The first kappa shape index (κ1) is 14.2. The second-order valence-corrected chi connectivity index (χ2v) is 5.38. The molecule has 1 aliphatic rings. The molecule has 2 rings (SSSR count). The Morgan fingerprint density at radius 3 is 2.47 bits per heavy atom. The largest absolute Gasteiger partial charge is 0.445 e. The molecule has 0 unspecified atom stereocenters. The molecular weight excluding hydrogens is 264 g/mol. The Morgan fingerprint density at radius 1 is 1.32 bits per heavy atom. The summed E-state index contributed by atoms with van der Waals surface area (Å²) in [5, 5.41) is 3.97. The van der Waals surface area contributed by atoms with E-state index in [9.17, 15) is 4.79 Å². The summed E-state index contributed by atoms with van der Waals surface area (Å²) in [6.07, 6.45) is -0.253. The molecule has 1 aromatic carbocycles. The molecule has 1 amide bonds. The Bertz CT molecular complexity index is 426. The van der Waals surface area contributed by atoms with Gasteiger partial charge in [-0.1, -0.05) is 23.7 Å². The van der Waals surface area contributed by atoms with Crippen LogP contribution in [0.5, 0.6) is 0 Å².